The second kappa shape index (κ2) is 9.26. The molecule has 1 aliphatic rings. The molecule has 3 aromatic rings. The van der Waals surface area contributed by atoms with Crippen molar-refractivity contribution >= 4 is 45.0 Å². The van der Waals surface area contributed by atoms with E-state index in [2.05, 4.69) is 58.1 Å². The highest BCUT2D eigenvalue weighted by Gasteiger charge is 2.30. The number of esters is 1. The second-order valence-electron chi connectivity index (χ2n) is 7.91. The van der Waals surface area contributed by atoms with Gasteiger partial charge in [-0.2, -0.15) is 9.61 Å². The third kappa shape index (κ3) is 4.08. The van der Waals surface area contributed by atoms with Gasteiger partial charge in [0.05, 0.1) is 23.5 Å². The number of aromatic nitrogens is 3. The standard InChI is InChI=1S/C24H26BrN5O2/c1-4-15(11-16-8-6-5-7-14(16)2)18-13-28-30-22(26)20(25)21(29-23(18)30)17-9-10-19(27-12-17)24(31)32-3/h4-8,11,13,17,19,27H,1,9-10,12,26H2,2-3H3/b15-11+. The number of methoxy groups -OCH3 is 1. The van der Waals surface area contributed by atoms with Crippen LogP contribution in [-0.2, 0) is 9.53 Å². The number of nitrogen functional groups attached to an aromatic ring is 1. The molecule has 0 saturated carbocycles. The molecule has 8 heteroatoms. The number of hydrogen-bond acceptors (Lipinski definition) is 6. The molecule has 1 aromatic carbocycles. The molecule has 3 N–H and O–H groups in total. The Kier molecular flexibility index (Phi) is 6.43. The third-order valence-corrected chi connectivity index (χ3v) is 6.78. The van der Waals surface area contributed by atoms with Crippen LogP contribution in [0.3, 0.4) is 0 Å². The van der Waals surface area contributed by atoms with Gasteiger partial charge < -0.3 is 15.8 Å². The first-order valence-electron chi connectivity index (χ1n) is 10.5. The molecule has 3 heterocycles. The first kappa shape index (κ1) is 22.2. The van der Waals surface area contributed by atoms with E-state index in [1.54, 1.807) is 10.7 Å². The molecule has 2 atom stereocenters. The molecule has 166 valence electrons. The van der Waals surface area contributed by atoms with Gasteiger partial charge in [0.25, 0.3) is 0 Å². The summed E-state index contributed by atoms with van der Waals surface area (Å²) < 4.78 is 7.23. The van der Waals surface area contributed by atoms with Crippen molar-refractivity contribution in [2.24, 2.45) is 0 Å². The number of ether oxygens (including phenoxy) is 1. The van der Waals surface area contributed by atoms with Crippen molar-refractivity contribution in [3.63, 3.8) is 0 Å². The smallest absolute Gasteiger partial charge is 0.322 e. The maximum absolute atomic E-state index is 11.8. The Hall–Kier alpha value is -2.97. The SMILES string of the molecule is C=C/C(=C\c1ccccc1C)c1cnn2c(N)c(Br)c(C3CCC(C(=O)OC)NC3)nc12. The van der Waals surface area contributed by atoms with E-state index >= 15 is 0 Å². The van der Waals surface area contributed by atoms with Crippen LogP contribution in [0.25, 0.3) is 17.3 Å². The minimum Gasteiger partial charge on any atom is -0.468 e. The van der Waals surface area contributed by atoms with Crippen LogP contribution in [0.1, 0.15) is 41.1 Å². The molecular weight excluding hydrogens is 470 g/mol. The number of halogens is 1. The Morgan fingerprint density at radius 3 is 2.81 bits per heavy atom. The number of aryl methyl sites for hydroxylation is 1. The van der Waals surface area contributed by atoms with Crippen LogP contribution in [0.2, 0.25) is 0 Å². The van der Waals surface area contributed by atoms with Crippen molar-refractivity contribution in [1.82, 2.24) is 19.9 Å². The lowest BCUT2D eigenvalue weighted by Gasteiger charge is -2.28. The number of anilines is 1. The first-order valence-corrected chi connectivity index (χ1v) is 11.3. The molecular formula is C24H26BrN5O2. The second-order valence-corrected chi connectivity index (χ2v) is 8.70. The van der Waals surface area contributed by atoms with Crippen LogP contribution in [0.5, 0.6) is 0 Å². The predicted molar refractivity (Wildman–Crippen MR) is 130 cm³/mol. The van der Waals surface area contributed by atoms with Crippen molar-refractivity contribution in [2.45, 2.75) is 31.7 Å². The highest BCUT2D eigenvalue weighted by Crippen LogP contribution is 2.35. The number of fused-ring (bicyclic) bond motifs is 1. The van der Waals surface area contributed by atoms with Crippen molar-refractivity contribution in [3.05, 3.63) is 70.0 Å². The number of nitrogens with zero attached hydrogens (tertiary/aromatic N) is 3. The zero-order valence-electron chi connectivity index (χ0n) is 18.1. The summed E-state index contributed by atoms with van der Waals surface area (Å²) in [7, 11) is 1.41. The number of nitrogens with two attached hydrogens (primary N) is 1. The maximum Gasteiger partial charge on any atom is 0.322 e. The summed E-state index contributed by atoms with van der Waals surface area (Å²) in [5.41, 5.74) is 12.0. The van der Waals surface area contributed by atoms with Gasteiger partial charge in [0.15, 0.2) is 5.65 Å². The molecule has 2 aromatic heterocycles. The number of benzene rings is 1. The normalized spacial score (nSPS) is 19.2. The van der Waals surface area contributed by atoms with Gasteiger partial charge >= 0.3 is 5.97 Å². The van der Waals surface area contributed by atoms with Crippen LogP contribution in [0.4, 0.5) is 5.82 Å². The van der Waals surface area contributed by atoms with E-state index in [4.69, 9.17) is 15.5 Å². The van der Waals surface area contributed by atoms with Gasteiger partial charge in [0.2, 0.25) is 0 Å². The molecule has 0 radical (unpaired) electrons. The molecule has 1 aliphatic heterocycles. The number of rotatable bonds is 5. The van der Waals surface area contributed by atoms with Crippen molar-refractivity contribution in [1.29, 1.82) is 0 Å². The number of carbonyl (C=O) groups is 1. The summed E-state index contributed by atoms with van der Waals surface area (Å²) in [6.45, 7) is 6.69. The number of nitrogens with one attached hydrogen (secondary N) is 1. The molecule has 0 aliphatic carbocycles. The summed E-state index contributed by atoms with van der Waals surface area (Å²) in [5, 5.41) is 7.75. The van der Waals surface area contributed by atoms with Gasteiger partial charge in [0.1, 0.15) is 11.9 Å². The van der Waals surface area contributed by atoms with Crippen LogP contribution >= 0.6 is 15.9 Å². The van der Waals surface area contributed by atoms with E-state index in [-0.39, 0.29) is 17.9 Å². The van der Waals surface area contributed by atoms with E-state index in [1.807, 2.05) is 18.2 Å². The van der Waals surface area contributed by atoms with Gasteiger partial charge in [-0.05, 0) is 58.5 Å². The van der Waals surface area contributed by atoms with Crippen molar-refractivity contribution in [3.8, 4) is 0 Å². The topological polar surface area (TPSA) is 94.5 Å². The Morgan fingerprint density at radius 2 is 2.16 bits per heavy atom. The predicted octanol–water partition coefficient (Wildman–Crippen LogP) is 4.12. The molecule has 1 saturated heterocycles. The molecule has 7 nitrogen and oxygen atoms in total. The summed E-state index contributed by atoms with van der Waals surface area (Å²) in [4.78, 5) is 16.8. The molecule has 32 heavy (non-hydrogen) atoms. The molecule has 2 unspecified atom stereocenters. The van der Waals surface area contributed by atoms with Crippen molar-refractivity contribution in [2.75, 3.05) is 19.4 Å². The van der Waals surface area contributed by atoms with Gasteiger partial charge in [0, 0.05) is 18.0 Å². The van der Waals surface area contributed by atoms with E-state index in [0.29, 0.717) is 24.4 Å². The fourth-order valence-electron chi connectivity index (χ4n) is 4.08. The highest BCUT2D eigenvalue weighted by molar-refractivity contribution is 9.10. The molecule has 0 amide bonds. The minimum atomic E-state index is -0.286. The lowest BCUT2D eigenvalue weighted by atomic mass is 9.91. The average molecular weight is 496 g/mol. The van der Waals surface area contributed by atoms with E-state index in [9.17, 15) is 4.79 Å². The maximum atomic E-state index is 11.8. The molecule has 0 bridgehead atoms. The van der Waals surface area contributed by atoms with E-state index in [0.717, 1.165) is 33.3 Å². The fraction of sp³-hybridized carbons (Fsp3) is 0.292. The van der Waals surface area contributed by atoms with Crippen molar-refractivity contribution < 1.29 is 9.53 Å². The fourth-order valence-corrected chi connectivity index (χ4v) is 4.66. The Bertz CT molecular complexity index is 1210. The zero-order valence-corrected chi connectivity index (χ0v) is 19.7. The largest absolute Gasteiger partial charge is 0.468 e. The van der Waals surface area contributed by atoms with Gasteiger partial charge in [-0.3, -0.25) is 4.79 Å². The quantitative estimate of drug-likeness (QED) is 0.408. The lowest BCUT2D eigenvalue weighted by molar-refractivity contribution is -0.143. The summed E-state index contributed by atoms with van der Waals surface area (Å²) in [6, 6.07) is 7.89. The zero-order chi connectivity index (χ0) is 22.8. The molecule has 0 spiro atoms. The monoisotopic (exact) mass is 495 g/mol. The van der Waals surface area contributed by atoms with E-state index in [1.165, 1.54) is 12.7 Å². The highest BCUT2D eigenvalue weighted by atomic mass is 79.9. The average Bonchev–Trinajstić information content (AvgIpc) is 3.24. The third-order valence-electron chi connectivity index (χ3n) is 5.97. The van der Waals surface area contributed by atoms with Gasteiger partial charge in [-0.25, -0.2) is 4.98 Å². The lowest BCUT2D eigenvalue weighted by Crippen LogP contribution is -2.44. The first-order chi connectivity index (χ1) is 15.4. The van der Waals surface area contributed by atoms with E-state index < -0.39 is 0 Å². The van der Waals surface area contributed by atoms with Crippen LogP contribution in [0.15, 0.2) is 47.6 Å². The summed E-state index contributed by atoms with van der Waals surface area (Å²) in [5.74, 6) is 0.360. The van der Waals surface area contributed by atoms with Crippen LogP contribution < -0.4 is 11.1 Å². The minimum absolute atomic E-state index is 0.104. The van der Waals surface area contributed by atoms with Crippen LogP contribution in [0, 0.1) is 6.92 Å². The molecule has 1 fully saturated rings. The van der Waals surface area contributed by atoms with Gasteiger partial charge in [-0.15, -0.1) is 0 Å². The number of carbonyl (C=O) groups excluding carboxylic acids is 1. The molecule has 4 rings (SSSR count). The Morgan fingerprint density at radius 1 is 1.38 bits per heavy atom. The van der Waals surface area contributed by atoms with Crippen LogP contribution in [-0.4, -0.2) is 40.3 Å². The Labute approximate surface area is 195 Å². The Balaban J connectivity index is 1.74. The summed E-state index contributed by atoms with van der Waals surface area (Å²) >= 11 is 3.62. The number of allylic oxidation sites excluding steroid dienone is 2. The van der Waals surface area contributed by atoms with Gasteiger partial charge in [-0.1, -0.05) is 36.9 Å². The summed E-state index contributed by atoms with van der Waals surface area (Å²) in [6.07, 6.45) is 7.14. The number of hydrogen-bond donors (Lipinski definition) is 2. The number of piperidine rings is 1.